The van der Waals surface area contributed by atoms with Crippen molar-refractivity contribution >= 4 is 6.09 Å². The number of amides is 1. The molecule has 1 amide bonds. The highest BCUT2D eigenvalue weighted by atomic mass is 16.6. The van der Waals surface area contributed by atoms with E-state index >= 15 is 0 Å². The molecule has 0 spiro atoms. The van der Waals surface area contributed by atoms with E-state index < -0.39 is 5.60 Å². The van der Waals surface area contributed by atoms with Crippen molar-refractivity contribution in [3.63, 3.8) is 0 Å². The predicted octanol–water partition coefficient (Wildman–Crippen LogP) is 1.91. The molecule has 1 aliphatic carbocycles. The molecule has 1 heterocycles. The van der Waals surface area contributed by atoms with Gasteiger partial charge in [-0.05, 0) is 40.0 Å². The fourth-order valence-corrected chi connectivity index (χ4v) is 2.89. The van der Waals surface area contributed by atoms with Crippen LogP contribution in [0.1, 0.15) is 40.0 Å². The van der Waals surface area contributed by atoms with Gasteiger partial charge >= 0.3 is 6.09 Å². The molecule has 0 saturated carbocycles. The summed E-state index contributed by atoms with van der Waals surface area (Å²) in [5.74, 6) is 0.296. The fourth-order valence-electron chi connectivity index (χ4n) is 2.89. The Bertz CT molecular complexity index is 381. The molecular weight excluding hydrogens is 268 g/mol. The van der Waals surface area contributed by atoms with Gasteiger partial charge < -0.3 is 20.1 Å². The fraction of sp³-hybridized carbons (Fsp3) is 0.812. The standard InChI is InChI=1S/C16H28N2O3/c1-16(2,3)21-15(20)18-8-6-13(7-9-18)17-14-5-4-12(10-14)11-19/h4-5,12-14,17,19H,6-11H2,1-3H3/t12-,14+/m0/s1. The van der Waals surface area contributed by atoms with Gasteiger partial charge in [0, 0.05) is 37.7 Å². The number of aliphatic hydroxyl groups is 1. The normalized spacial score (nSPS) is 27.1. The maximum Gasteiger partial charge on any atom is 0.410 e. The van der Waals surface area contributed by atoms with Crippen molar-refractivity contribution in [2.45, 2.75) is 57.7 Å². The molecular formula is C16H28N2O3. The number of nitrogens with one attached hydrogen (secondary N) is 1. The number of nitrogens with zero attached hydrogens (tertiary/aromatic N) is 1. The summed E-state index contributed by atoms with van der Waals surface area (Å²) in [6.07, 6.45) is 6.92. The molecule has 120 valence electrons. The molecule has 2 atom stereocenters. The highest BCUT2D eigenvalue weighted by molar-refractivity contribution is 5.68. The zero-order valence-corrected chi connectivity index (χ0v) is 13.3. The maximum absolute atomic E-state index is 12.0. The highest BCUT2D eigenvalue weighted by Crippen LogP contribution is 2.20. The van der Waals surface area contributed by atoms with Gasteiger partial charge in [0.2, 0.25) is 0 Å². The summed E-state index contributed by atoms with van der Waals surface area (Å²) >= 11 is 0. The monoisotopic (exact) mass is 296 g/mol. The first-order valence-electron chi connectivity index (χ1n) is 7.90. The number of aliphatic hydroxyl groups excluding tert-OH is 1. The van der Waals surface area contributed by atoms with Gasteiger partial charge in [0.1, 0.15) is 5.60 Å². The average Bonchev–Trinajstić information content (AvgIpc) is 2.85. The van der Waals surface area contributed by atoms with Crippen LogP contribution >= 0.6 is 0 Å². The minimum atomic E-state index is -0.430. The number of hydrogen-bond donors (Lipinski definition) is 2. The lowest BCUT2D eigenvalue weighted by molar-refractivity contribution is 0.0196. The van der Waals surface area contributed by atoms with Crippen LogP contribution in [0.5, 0.6) is 0 Å². The summed E-state index contributed by atoms with van der Waals surface area (Å²) < 4.78 is 5.40. The molecule has 2 aliphatic rings. The Labute approximate surface area is 127 Å². The largest absolute Gasteiger partial charge is 0.444 e. The zero-order chi connectivity index (χ0) is 15.5. The third-order valence-corrected chi connectivity index (χ3v) is 4.00. The number of carbonyl (C=O) groups excluding carboxylic acids is 1. The minimum absolute atomic E-state index is 0.206. The van der Waals surface area contributed by atoms with Crippen LogP contribution in [0.25, 0.3) is 0 Å². The van der Waals surface area contributed by atoms with Gasteiger partial charge in [-0.3, -0.25) is 0 Å². The molecule has 0 aromatic rings. The van der Waals surface area contributed by atoms with Crippen LogP contribution in [0.3, 0.4) is 0 Å². The Morgan fingerprint density at radius 1 is 1.33 bits per heavy atom. The number of rotatable bonds is 3. The molecule has 2 rings (SSSR count). The molecule has 2 N–H and O–H groups in total. The van der Waals surface area contributed by atoms with Crippen LogP contribution in [0.15, 0.2) is 12.2 Å². The third-order valence-electron chi connectivity index (χ3n) is 4.00. The molecule has 1 aliphatic heterocycles. The smallest absolute Gasteiger partial charge is 0.410 e. The van der Waals surface area contributed by atoms with E-state index in [2.05, 4.69) is 17.5 Å². The second-order valence-electron chi connectivity index (χ2n) is 7.08. The zero-order valence-electron chi connectivity index (χ0n) is 13.3. The van der Waals surface area contributed by atoms with E-state index in [1.807, 2.05) is 20.8 Å². The molecule has 1 fully saturated rings. The van der Waals surface area contributed by atoms with Gasteiger partial charge in [-0.25, -0.2) is 4.79 Å². The van der Waals surface area contributed by atoms with Crippen LogP contribution in [-0.4, -0.2) is 53.5 Å². The summed E-state index contributed by atoms with van der Waals surface area (Å²) in [4.78, 5) is 13.8. The first-order valence-corrected chi connectivity index (χ1v) is 7.90. The average molecular weight is 296 g/mol. The van der Waals surface area contributed by atoms with Crippen molar-refractivity contribution in [3.8, 4) is 0 Å². The molecule has 0 aromatic heterocycles. The Morgan fingerprint density at radius 2 is 2.00 bits per heavy atom. The van der Waals surface area contributed by atoms with Crippen molar-refractivity contribution in [3.05, 3.63) is 12.2 Å². The minimum Gasteiger partial charge on any atom is -0.444 e. The van der Waals surface area contributed by atoms with Crippen molar-refractivity contribution in [2.75, 3.05) is 19.7 Å². The molecule has 0 bridgehead atoms. The van der Waals surface area contributed by atoms with Crippen LogP contribution in [-0.2, 0) is 4.74 Å². The Balaban J connectivity index is 1.71. The van der Waals surface area contributed by atoms with Gasteiger partial charge in [-0.15, -0.1) is 0 Å². The van der Waals surface area contributed by atoms with Crippen LogP contribution < -0.4 is 5.32 Å². The number of ether oxygens (including phenoxy) is 1. The molecule has 0 unspecified atom stereocenters. The van der Waals surface area contributed by atoms with Gasteiger partial charge in [0.25, 0.3) is 0 Å². The SMILES string of the molecule is CC(C)(C)OC(=O)N1CCC(N[C@@H]2C=C[C@H](CO)C2)CC1. The maximum atomic E-state index is 12.0. The van der Waals surface area contributed by atoms with Gasteiger partial charge in [0.05, 0.1) is 0 Å². The van der Waals surface area contributed by atoms with Crippen LogP contribution in [0.4, 0.5) is 4.79 Å². The molecule has 1 saturated heterocycles. The first-order chi connectivity index (χ1) is 9.87. The van der Waals surface area contributed by atoms with E-state index in [0.717, 1.165) is 32.4 Å². The van der Waals surface area contributed by atoms with Gasteiger partial charge in [-0.2, -0.15) is 0 Å². The Morgan fingerprint density at radius 3 is 2.52 bits per heavy atom. The predicted molar refractivity (Wildman–Crippen MR) is 82.1 cm³/mol. The van der Waals surface area contributed by atoms with Crippen molar-refractivity contribution in [2.24, 2.45) is 5.92 Å². The quantitative estimate of drug-likeness (QED) is 0.781. The molecule has 0 aromatic carbocycles. The second-order valence-corrected chi connectivity index (χ2v) is 7.08. The van der Waals surface area contributed by atoms with E-state index in [0.29, 0.717) is 18.0 Å². The number of carbonyl (C=O) groups is 1. The lowest BCUT2D eigenvalue weighted by Crippen LogP contribution is -2.48. The summed E-state index contributed by atoms with van der Waals surface area (Å²) in [6.45, 7) is 7.39. The molecule has 5 nitrogen and oxygen atoms in total. The second kappa shape index (κ2) is 6.79. The molecule has 21 heavy (non-hydrogen) atoms. The summed E-state index contributed by atoms with van der Waals surface area (Å²) in [7, 11) is 0. The van der Waals surface area contributed by atoms with Gasteiger partial charge in [-0.1, -0.05) is 12.2 Å². The first kappa shape index (κ1) is 16.3. The lowest BCUT2D eigenvalue weighted by atomic mass is 10.0. The van der Waals surface area contributed by atoms with Crippen molar-refractivity contribution in [1.29, 1.82) is 0 Å². The van der Waals surface area contributed by atoms with E-state index in [1.165, 1.54) is 0 Å². The topological polar surface area (TPSA) is 61.8 Å². The summed E-state index contributed by atoms with van der Waals surface area (Å²) in [5, 5.41) is 12.8. The number of piperidine rings is 1. The van der Waals surface area contributed by atoms with E-state index in [4.69, 9.17) is 9.84 Å². The van der Waals surface area contributed by atoms with Crippen molar-refractivity contribution in [1.82, 2.24) is 10.2 Å². The highest BCUT2D eigenvalue weighted by Gasteiger charge is 2.28. The molecule has 5 heteroatoms. The van der Waals surface area contributed by atoms with Crippen LogP contribution in [0, 0.1) is 5.92 Å². The number of hydrogen-bond acceptors (Lipinski definition) is 4. The Hall–Kier alpha value is -1.07. The van der Waals surface area contributed by atoms with E-state index in [9.17, 15) is 4.79 Å². The van der Waals surface area contributed by atoms with Crippen LogP contribution in [0.2, 0.25) is 0 Å². The van der Waals surface area contributed by atoms with Gasteiger partial charge in [0.15, 0.2) is 0 Å². The Kier molecular flexibility index (Phi) is 5.27. The van der Waals surface area contributed by atoms with Crippen molar-refractivity contribution < 1.29 is 14.6 Å². The lowest BCUT2D eigenvalue weighted by Gasteiger charge is -2.34. The summed E-state index contributed by atoms with van der Waals surface area (Å²) in [5.41, 5.74) is -0.430. The van der Waals surface area contributed by atoms with E-state index in [-0.39, 0.29) is 12.7 Å². The molecule has 0 radical (unpaired) electrons. The third kappa shape index (κ3) is 5.00. The van der Waals surface area contributed by atoms with E-state index in [1.54, 1.807) is 4.90 Å². The summed E-state index contributed by atoms with van der Waals surface area (Å²) in [6, 6.07) is 0.802. The number of likely N-dealkylation sites (tertiary alicyclic amines) is 1.